The fraction of sp³-hybridized carbons (Fsp3) is 0.300. The monoisotopic (exact) mass is 400 g/mol. The lowest BCUT2D eigenvalue weighted by Gasteiger charge is -2.22. The Morgan fingerprint density at radius 1 is 1.30 bits per heavy atom. The lowest BCUT2D eigenvalue weighted by molar-refractivity contribution is 0.0920. The molecule has 0 saturated carbocycles. The number of benzene rings is 1. The van der Waals surface area contributed by atoms with Gasteiger partial charge in [0, 0.05) is 17.6 Å². The second kappa shape index (κ2) is 8.21. The van der Waals surface area contributed by atoms with Gasteiger partial charge in [0.25, 0.3) is 5.91 Å². The van der Waals surface area contributed by atoms with Crippen LogP contribution < -0.4 is 9.64 Å². The highest BCUT2D eigenvalue weighted by molar-refractivity contribution is 7.14. The van der Waals surface area contributed by atoms with E-state index in [2.05, 4.69) is 0 Å². The van der Waals surface area contributed by atoms with Crippen LogP contribution in [0.2, 0.25) is 0 Å². The van der Waals surface area contributed by atoms with Crippen LogP contribution in [0.25, 0.3) is 11.3 Å². The van der Waals surface area contributed by atoms with Crippen molar-refractivity contribution in [2.45, 2.75) is 18.9 Å². The third-order valence-corrected chi connectivity index (χ3v) is 6.22. The van der Waals surface area contributed by atoms with Crippen LogP contribution in [0.5, 0.6) is 5.75 Å². The normalized spacial score (nSPS) is 16.4. The van der Waals surface area contributed by atoms with Crippen LogP contribution in [0.3, 0.4) is 0 Å². The van der Waals surface area contributed by atoms with Crippen LogP contribution in [0.15, 0.2) is 47.2 Å². The number of aromatic nitrogens is 1. The number of nitrogens with zero attached hydrogens (tertiary/aromatic N) is 2. The van der Waals surface area contributed by atoms with E-state index in [4.69, 9.17) is 14.5 Å². The third-order valence-electron chi connectivity index (χ3n) is 4.50. The van der Waals surface area contributed by atoms with E-state index in [0.29, 0.717) is 16.6 Å². The fourth-order valence-corrected chi connectivity index (χ4v) is 4.57. The first-order valence-electron chi connectivity index (χ1n) is 8.81. The Balaban J connectivity index is 1.61. The van der Waals surface area contributed by atoms with E-state index < -0.39 is 0 Å². The maximum Gasteiger partial charge on any atom is 0.270 e. The number of thiazole rings is 1. The van der Waals surface area contributed by atoms with Gasteiger partial charge in [-0.05, 0) is 48.6 Å². The van der Waals surface area contributed by atoms with Gasteiger partial charge in [0.05, 0.1) is 30.3 Å². The predicted octanol–water partition coefficient (Wildman–Crippen LogP) is 4.71. The van der Waals surface area contributed by atoms with Gasteiger partial charge in [0.1, 0.15) is 5.75 Å². The molecule has 1 amide bonds. The number of hydrogen-bond donors (Lipinski definition) is 0. The van der Waals surface area contributed by atoms with E-state index in [-0.39, 0.29) is 12.0 Å². The Bertz CT molecular complexity index is 884. The summed E-state index contributed by atoms with van der Waals surface area (Å²) in [5.74, 6) is 0.790. The summed E-state index contributed by atoms with van der Waals surface area (Å²) < 4.78 is 11.0. The Morgan fingerprint density at radius 2 is 2.15 bits per heavy atom. The molecule has 2 aromatic heterocycles. The molecule has 0 N–H and O–H groups in total. The average Bonchev–Trinajstić information content (AvgIpc) is 3.48. The smallest absolute Gasteiger partial charge is 0.270 e. The van der Waals surface area contributed by atoms with E-state index in [0.717, 1.165) is 36.5 Å². The van der Waals surface area contributed by atoms with Gasteiger partial charge in [-0.25, -0.2) is 4.98 Å². The summed E-state index contributed by atoms with van der Waals surface area (Å²) in [5.41, 5.74) is 1.85. The number of anilines is 1. The molecule has 0 unspecified atom stereocenters. The number of amides is 1. The van der Waals surface area contributed by atoms with Gasteiger partial charge in [-0.2, -0.15) is 0 Å². The second-order valence-corrected chi connectivity index (χ2v) is 8.06. The Labute approximate surface area is 166 Å². The molecule has 1 saturated heterocycles. The predicted molar refractivity (Wildman–Crippen MR) is 109 cm³/mol. The zero-order valence-electron chi connectivity index (χ0n) is 15.0. The van der Waals surface area contributed by atoms with E-state index >= 15 is 0 Å². The van der Waals surface area contributed by atoms with Gasteiger partial charge in [-0.3, -0.25) is 9.69 Å². The van der Waals surface area contributed by atoms with Gasteiger partial charge in [0.15, 0.2) is 5.13 Å². The van der Waals surface area contributed by atoms with Gasteiger partial charge in [-0.1, -0.05) is 6.07 Å². The largest absolute Gasteiger partial charge is 0.497 e. The van der Waals surface area contributed by atoms with Gasteiger partial charge < -0.3 is 9.47 Å². The highest BCUT2D eigenvalue weighted by Crippen LogP contribution is 2.31. The number of carbonyl (C=O) groups excluding carboxylic acids is 1. The number of ether oxygens (including phenoxy) is 2. The molecular formula is C20H20N2O3S2. The van der Waals surface area contributed by atoms with Crippen LogP contribution >= 0.6 is 22.7 Å². The number of carbonyl (C=O) groups is 1. The van der Waals surface area contributed by atoms with Crippen LogP contribution in [-0.4, -0.2) is 37.3 Å². The van der Waals surface area contributed by atoms with Crippen molar-refractivity contribution in [1.82, 2.24) is 4.98 Å². The molecule has 1 fully saturated rings. The second-order valence-electron chi connectivity index (χ2n) is 6.27. The number of rotatable bonds is 6. The fourth-order valence-electron chi connectivity index (χ4n) is 3.06. The molecular weight excluding hydrogens is 380 g/mol. The minimum Gasteiger partial charge on any atom is -0.497 e. The summed E-state index contributed by atoms with van der Waals surface area (Å²) >= 11 is 2.93. The van der Waals surface area contributed by atoms with Crippen molar-refractivity contribution < 1.29 is 14.3 Å². The lowest BCUT2D eigenvalue weighted by Crippen LogP contribution is -2.37. The molecule has 0 radical (unpaired) electrons. The molecule has 3 aromatic rings. The highest BCUT2D eigenvalue weighted by Gasteiger charge is 2.27. The Kier molecular flexibility index (Phi) is 5.52. The minimum atomic E-state index is -0.0175. The molecule has 0 bridgehead atoms. The van der Waals surface area contributed by atoms with Crippen LogP contribution in [-0.2, 0) is 4.74 Å². The van der Waals surface area contributed by atoms with Crippen LogP contribution in [0.4, 0.5) is 5.13 Å². The van der Waals surface area contributed by atoms with Gasteiger partial charge in [0.2, 0.25) is 0 Å². The summed E-state index contributed by atoms with van der Waals surface area (Å²) in [6, 6.07) is 11.5. The topological polar surface area (TPSA) is 51.7 Å². The summed E-state index contributed by atoms with van der Waals surface area (Å²) in [7, 11) is 1.65. The molecule has 7 heteroatoms. The number of methoxy groups -OCH3 is 1. The molecule has 1 atom stereocenters. The summed E-state index contributed by atoms with van der Waals surface area (Å²) in [5, 5.41) is 4.61. The summed E-state index contributed by atoms with van der Waals surface area (Å²) in [4.78, 5) is 20.3. The van der Waals surface area contributed by atoms with Crippen molar-refractivity contribution in [3.8, 4) is 17.0 Å². The molecule has 4 rings (SSSR count). The van der Waals surface area contributed by atoms with Crippen molar-refractivity contribution in [2.75, 3.05) is 25.2 Å². The molecule has 0 aliphatic carbocycles. The van der Waals surface area contributed by atoms with Crippen LogP contribution in [0.1, 0.15) is 22.5 Å². The molecule has 140 valence electrons. The van der Waals surface area contributed by atoms with Gasteiger partial charge >= 0.3 is 0 Å². The molecule has 1 aliphatic rings. The third kappa shape index (κ3) is 4.05. The SMILES string of the molecule is COc1ccc(-c2csc(N(C[C@H]3CCCO3)C(=O)c3cccs3)n2)cc1. The zero-order valence-corrected chi connectivity index (χ0v) is 16.6. The molecule has 27 heavy (non-hydrogen) atoms. The zero-order chi connectivity index (χ0) is 18.6. The molecule has 1 aromatic carbocycles. The highest BCUT2D eigenvalue weighted by atomic mass is 32.1. The molecule has 5 nitrogen and oxygen atoms in total. The number of hydrogen-bond acceptors (Lipinski definition) is 6. The first-order valence-corrected chi connectivity index (χ1v) is 10.6. The molecule has 3 heterocycles. The Morgan fingerprint density at radius 3 is 2.81 bits per heavy atom. The van der Waals surface area contributed by atoms with Crippen LogP contribution in [0, 0.1) is 0 Å². The molecule has 0 spiro atoms. The van der Waals surface area contributed by atoms with E-state index in [9.17, 15) is 4.79 Å². The number of thiophene rings is 1. The van der Waals surface area contributed by atoms with Crippen molar-refractivity contribution in [2.24, 2.45) is 0 Å². The first kappa shape index (κ1) is 18.2. The maximum atomic E-state index is 13.1. The van der Waals surface area contributed by atoms with Crippen molar-refractivity contribution in [3.05, 3.63) is 52.0 Å². The summed E-state index contributed by atoms with van der Waals surface area (Å²) in [6.45, 7) is 1.30. The standard InChI is InChI=1S/C20H20N2O3S2/c1-24-15-8-6-14(7-9-15)17-13-27-20(21-17)22(12-16-4-2-10-25-16)19(23)18-5-3-11-26-18/h3,5-9,11,13,16H,2,4,10,12H2,1H3/t16-/m1/s1. The first-order chi connectivity index (χ1) is 13.2. The average molecular weight is 401 g/mol. The van der Waals surface area contributed by atoms with E-state index in [1.807, 2.05) is 47.2 Å². The van der Waals surface area contributed by atoms with Gasteiger partial charge in [-0.15, -0.1) is 22.7 Å². The van der Waals surface area contributed by atoms with Crippen molar-refractivity contribution in [3.63, 3.8) is 0 Å². The van der Waals surface area contributed by atoms with Crippen molar-refractivity contribution in [1.29, 1.82) is 0 Å². The minimum absolute atomic E-state index is 0.0175. The summed E-state index contributed by atoms with van der Waals surface area (Å²) in [6.07, 6.45) is 2.09. The molecule has 1 aliphatic heterocycles. The van der Waals surface area contributed by atoms with E-state index in [1.165, 1.54) is 22.7 Å². The maximum absolute atomic E-state index is 13.1. The lowest BCUT2D eigenvalue weighted by atomic mass is 10.2. The quantitative estimate of drug-likeness (QED) is 0.601. The Hall–Kier alpha value is -2.22. The van der Waals surface area contributed by atoms with E-state index in [1.54, 1.807) is 12.0 Å². The van der Waals surface area contributed by atoms with Crippen molar-refractivity contribution >= 4 is 33.7 Å².